The van der Waals surface area contributed by atoms with Crippen molar-refractivity contribution < 1.29 is 4.79 Å². The third kappa shape index (κ3) is 2.18. The summed E-state index contributed by atoms with van der Waals surface area (Å²) in [6.07, 6.45) is 9.41. The van der Waals surface area contributed by atoms with E-state index in [0.717, 1.165) is 36.0 Å². The van der Waals surface area contributed by atoms with E-state index in [4.69, 9.17) is 5.73 Å². The fraction of sp³-hybridized carbons (Fsp3) is 0.933. The highest BCUT2D eigenvalue weighted by molar-refractivity contribution is 5.81. The van der Waals surface area contributed by atoms with E-state index < -0.39 is 0 Å². The van der Waals surface area contributed by atoms with Crippen molar-refractivity contribution >= 4 is 5.91 Å². The Bertz CT molecular complexity index is 300. The van der Waals surface area contributed by atoms with Gasteiger partial charge in [0.15, 0.2) is 0 Å². The number of nitrogens with one attached hydrogen (secondary N) is 1. The van der Waals surface area contributed by atoms with Crippen LogP contribution in [0.1, 0.15) is 44.9 Å². The lowest BCUT2D eigenvalue weighted by Crippen LogP contribution is -2.46. The molecule has 4 aliphatic carbocycles. The zero-order valence-corrected chi connectivity index (χ0v) is 11.4. The maximum atomic E-state index is 11.5. The minimum Gasteiger partial charge on any atom is -0.358 e. The van der Waals surface area contributed by atoms with Gasteiger partial charge in [0, 0.05) is 7.05 Å². The highest BCUT2D eigenvalue weighted by atomic mass is 16.2. The maximum Gasteiger partial charge on any atom is 0.236 e. The zero-order valence-electron chi connectivity index (χ0n) is 11.4. The molecule has 4 rings (SSSR count). The minimum atomic E-state index is -0.299. The SMILES string of the molecule is CNC(=O)C(N)CCC1C2CC3CC(C2)CC1C3. The molecule has 0 aromatic heterocycles. The number of carbonyl (C=O) groups is 1. The van der Waals surface area contributed by atoms with Crippen molar-refractivity contribution in [3.63, 3.8) is 0 Å². The summed E-state index contributed by atoms with van der Waals surface area (Å²) in [6.45, 7) is 0. The lowest BCUT2D eigenvalue weighted by Gasteiger charge is -2.54. The van der Waals surface area contributed by atoms with Crippen LogP contribution in [0.3, 0.4) is 0 Å². The molecule has 0 heterocycles. The molecule has 3 N–H and O–H groups in total. The lowest BCUT2D eigenvalue weighted by atomic mass is 9.51. The van der Waals surface area contributed by atoms with Crippen LogP contribution in [0.15, 0.2) is 0 Å². The Kier molecular flexibility index (Phi) is 3.35. The minimum absolute atomic E-state index is 0.00110. The number of hydrogen-bond donors (Lipinski definition) is 2. The summed E-state index contributed by atoms with van der Waals surface area (Å²) < 4.78 is 0. The number of carbonyl (C=O) groups excluding carboxylic acids is 1. The first-order chi connectivity index (χ1) is 8.67. The Morgan fingerprint density at radius 2 is 1.72 bits per heavy atom. The molecule has 1 unspecified atom stereocenters. The first-order valence-electron chi connectivity index (χ1n) is 7.64. The van der Waals surface area contributed by atoms with Gasteiger partial charge in [-0.25, -0.2) is 0 Å². The van der Waals surface area contributed by atoms with E-state index >= 15 is 0 Å². The topological polar surface area (TPSA) is 55.1 Å². The van der Waals surface area contributed by atoms with Gasteiger partial charge in [0.1, 0.15) is 0 Å². The summed E-state index contributed by atoms with van der Waals surface area (Å²) in [4.78, 5) is 11.5. The van der Waals surface area contributed by atoms with Gasteiger partial charge in [-0.1, -0.05) is 0 Å². The largest absolute Gasteiger partial charge is 0.358 e. The fourth-order valence-electron chi connectivity index (χ4n) is 5.20. The van der Waals surface area contributed by atoms with Crippen LogP contribution in [-0.4, -0.2) is 19.0 Å². The maximum absolute atomic E-state index is 11.5. The number of hydrogen-bond acceptors (Lipinski definition) is 2. The molecule has 4 fully saturated rings. The second kappa shape index (κ2) is 4.84. The molecule has 102 valence electrons. The van der Waals surface area contributed by atoms with Gasteiger partial charge in [-0.15, -0.1) is 0 Å². The van der Waals surface area contributed by atoms with E-state index in [1.54, 1.807) is 7.05 Å². The average molecular weight is 250 g/mol. The van der Waals surface area contributed by atoms with Crippen molar-refractivity contribution in [2.75, 3.05) is 7.05 Å². The molecule has 0 radical (unpaired) electrons. The predicted molar refractivity (Wildman–Crippen MR) is 71.8 cm³/mol. The van der Waals surface area contributed by atoms with E-state index in [-0.39, 0.29) is 11.9 Å². The number of nitrogens with two attached hydrogens (primary N) is 1. The molecule has 4 bridgehead atoms. The molecule has 18 heavy (non-hydrogen) atoms. The first-order valence-corrected chi connectivity index (χ1v) is 7.64. The van der Waals surface area contributed by atoms with Crippen LogP contribution in [0.2, 0.25) is 0 Å². The molecule has 4 saturated carbocycles. The molecule has 0 aromatic carbocycles. The number of rotatable bonds is 4. The second-order valence-corrected chi connectivity index (χ2v) is 6.89. The molecule has 3 nitrogen and oxygen atoms in total. The Morgan fingerprint density at radius 1 is 1.17 bits per heavy atom. The third-order valence-corrected chi connectivity index (χ3v) is 5.82. The van der Waals surface area contributed by atoms with Gasteiger partial charge in [-0.05, 0) is 74.5 Å². The monoisotopic (exact) mass is 250 g/mol. The third-order valence-electron chi connectivity index (χ3n) is 5.82. The summed E-state index contributed by atoms with van der Waals surface area (Å²) in [5.74, 6) is 4.86. The standard InChI is InChI=1S/C15H26N2O/c1-17-15(18)14(16)3-2-13-11-5-9-4-10(7-11)8-12(13)6-9/h9-14H,2-8,16H2,1H3,(H,17,18). The molecule has 4 aliphatic rings. The summed E-state index contributed by atoms with van der Waals surface area (Å²) in [6, 6.07) is -0.299. The molecule has 0 spiro atoms. The normalized spacial score (nSPS) is 42.9. The summed E-state index contributed by atoms with van der Waals surface area (Å²) in [7, 11) is 1.67. The van der Waals surface area contributed by atoms with Gasteiger partial charge in [0.2, 0.25) is 5.91 Å². The lowest BCUT2D eigenvalue weighted by molar-refractivity contribution is -0.122. The van der Waals surface area contributed by atoms with Gasteiger partial charge in [0.05, 0.1) is 6.04 Å². The second-order valence-electron chi connectivity index (χ2n) is 6.89. The van der Waals surface area contributed by atoms with Crippen molar-refractivity contribution in [3.05, 3.63) is 0 Å². The molecule has 1 atom stereocenters. The molecule has 1 amide bonds. The van der Waals surface area contributed by atoms with Gasteiger partial charge >= 0.3 is 0 Å². The van der Waals surface area contributed by atoms with Crippen molar-refractivity contribution in [1.82, 2.24) is 5.32 Å². The van der Waals surface area contributed by atoms with E-state index in [9.17, 15) is 4.79 Å². The van der Waals surface area contributed by atoms with Crippen LogP contribution in [0.4, 0.5) is 0 Å². The van der Waals surface area contributed by atoms with E-state index in [1.165, 1.54) is 38.5 Å². The van der Waals surface area contributed by atoms with E-state index in [2.05, 4.69) is 5.32 Å². The van der Waals surface area contributed by atoms with E-state index in [0.29, 0.717) is 0 Å². The molecular formula is C15H26N2O. The highest BCUT2D eigenvalue weighted by Crippen LogP contribution is 2.57. The smallest absolute Gasteiger partial charge is 0.236 e. The molecule has 0 aromatic rings. The first kappa shape index (κ1) is 12.5. The summed E-state index contributed by atoms with van der Waals surface area (Å²) in [5, 5.41) is 2.65. The van der Waals surface area contributed by atoms with Crippen molar-refractivity contribution in [1.29, 1.82) is 0 Å². The Labute approximate surface area is 110 Å². The van der Waals surface area contributed by atoms with Crippen molar-refractivity contribution in [3.8, 4) is 0 Å². The number of amides is 1. The zero-order chi connectivity index (χ0) is 12.7. The molecule has 3 heteroatoms. The van der Waals surface area contributed by atoms with Crippen LogP contribution in [0.5, 0.6) is 0 Å². The van der Waals surface area contributed by atoms with Gasteiger partial charge in [-0.2, -0.15) is 0 Å². The summed E-state index contributed by atoms with van der Waals surface area (Å²) in [5.41, 5.74) is 5.92. The van der Waals surface area contributed by atoms with Gasteiger partial charge < -0.3 is 11.1 Å². The summed E-state index contributed by atoms with van der Waals surface area (Å²) >= 11 is 0. The predicted octanol–water partition coefficient (Wildman–Crippen LogP) is 1.91. The quantitative estimate of drug-likeness (QED) is 0.801. The van der Waals surface area contributed by atoms with E-state index in [1.807, 2.05) is 0 Å². The van der Waals surface area contributed by atoms with Gasteiger partial charge in [-0.3, -0.25) is 4.79 Å². The Balaban J connectivity index is 1.56. The van der Waals surface area contributed by atoms with Crippen molar-refractivity contribution in [2.45, 2.75) is 51.0 Å². The Morgan fingerprint density at radius 3 is 2.22 bits per heavy atom. The molecule has 0 aliphatic heterocycles. The van der Waals surface area contributed by atoms with Crippen LogP contribution < -0.4 is 11.1 Å². The highest BCUT2D eigenvalue weighted by Gasteiger charge is 2.47. The van der Waals surface area contributed by atoms with Gasteiger partial charge in [0.25, 0.3) is 0 Å². The number of likely N-dealkylation sites (N-methyl/N-ethyl adjacent to an activating group) is 1. The fourth-order valence-corrected chi connectivity index (χ4v) is 5.20. The average Bonchev–Trinajstić information content (AvgIpc) is 2.35. The van der Waals surface area contributed by atoms with Crippen LogP contribution in [0, 0.1) is 29.6 Å². The van der Waals surface area contributed by atoms with Crippen molar-refractivity contribution in [2.24, 2.45) is 35.3 Å². The Hall–Kier alpha value is -0.570. The van der Waals surface area contributed by atoms with Crippen LogP contribution in [-0.2, 0) is 4.79 Å². The molecular weight excluding hydrogens is 224 g/mol. The van der Waals surface area contributed by atoms with Crippen LogP contribution >= 0.6 is 0 Å². The molecule has 0 saturated heterocycles. The van der Waals surface area contributed by atoms with Crippen LogP contribution in [0.25, 0.3) is 0 Å².